The SMILES string of the molecule is NC(=O)C1c2ccc(OC(=O)c3ccccc3-c3ccc(C(F)(F)F)cc3)cc2CCN1C(=O)c1cccs1. The molecule has 1 aromatic heterocycles. The standard InChI is InChI=1S/C29H21F3N2O4S/c30-29(31,32)19-9-7-17(8-10-19)21-4-1-2-5-23(21)28(37)38-20-11-12-22-18(16-20)13-14-34(25(22)26(33)35)27(36)24-6-3-15-39-24/h1-12,15-16,25H,13-14H2,(H2,33,35). The number of benzene rings is 3. The number of hydrogen-bond donors (Lipinski definition) is 1. The van der Waals surface area contributed by atoms with Crippen molar-refractivity contribution in [3.63, 3.8) is 0 Å². The largest absolute Gasteiger partial charge is 0.423 e. The van der Waals surface area contributed by atoms with Crippen LogP contribution in [0.3, 0.4) is 0 Å². The number of carbonyl (C=O) groups is 3. The number of esters is 1. The molecule has 0 saturated heterocycles. The fourth-order valence-electron chi connectivity index (χ4n) is 4.65. The van der Waals surface area contributed by atoms with Crippen LogP contribution < -0.4 is 10.5 Å². The van der Waals surface area contributed by atoms with E-state index in [2.05, 4.69) is 0 Å². The summed E-state index contributed by atoms with van der Waals surface area (Å²) in [5.41, 5.74) is 7.21. The topological polar surface area (TPSA) is 89.7 Å². The number of carbonyl (C=O) groups excluding carboxylic acids is 3. The third kappa shape index (κ3) is 5.28. The van der Waals surface area contributed by atoms with Gasteiger partial charge < -0.3 is 15.4 Å². The van der Waals surface area contributed by atoms with Gasteiger partial charge in [-0.25, -0.2) is 4.79 Å². The smallest absolute Gasteiger partial charge is 0.416 e. The van der Waals surface area contributed by atoms with Crippen LogP contribution in [0.2, 0.25) is 0 Å². The number of primary amides is 1. The summed E-state index contributed by atoms with van der Waals surface area (Å²) >= 11 is 1.28. The monoisotopic (exact) mass is 550 g/mol. The van der Waals surface area contributed by atoms with Crippen molar-refractivity contribution < 1.29 is 32.3 Å². The molecule has 0 aliphatic carbocycles. The van der Waals surface area contributed by atoms with E-state index in [4.69, 9.17) is 10.5 Å². The summed E-state index contributed by atoms with van der Waals surface area (Å²) in [5.74, 6) is -1.42. The quantitative estimate of drug-likeness (QED) is 0.248. The summed E-state index contributed by atoms with van der Waals surface area (Å²) in [7, 11) is 0. The van der Waals surface area contributed by atoms with Gasteiger partial charge in [-0.15, -0.1) is 11.3 Å². The van der Waals surface area contributed by atoms with E-state index in [-0.39, 0.29) is 23.8 Å². The average molecular weight is 551 g/mol. The van der Waals surface area contributed by atoms with Crippen molar-refractivity contribution in [1.82, 2.24) is 4.90 Å². The van der Waals surface area contributed by atoms with Gasteiger partial charge in [-0.05, 0) is 70.5 Å². The zero-order chi connectivity index (χ0) is 27.7. The van der Waals surface area contributed by atoms with Crippen molar-refractivity contribution in [2.24, 2.45) is 5.73 Å². The number of amides is 2. The molecule has 1 aliphatic rings. The summed E-state index contributed by atoms with van der Waals surface area (Å²) in [4.78, 5) is 40.4. The lowest BCUT2D eigenvalue weighted by atomic mass is 9.91. The normalized spacial score (nSPS) is 14.9. The molecule has 198 valence electrons. The van der Waals surface area contributed by atoms with E-state index >= 15 is 0 Å². The molecule has 2 heterocycles. The maximum absolute atomic E-state index is 13.1. The van der Waals surface area contributed by atoms with Crippen molar-refractivity contribution >= 4 is 29.1 Å². The van der Waals surface area contributed by atoms with Gasteiger partial charge in [-0.3, -0.25) is 9.59 Å². The zero-order valence-electron chi connectivity index (χ0n) is 20.3. The number of nitrogens with zero attached hydrogens (tertiary/aromatic N) is 1. The summed E-state index contributed by atoms with van der Waals surface area (Å²) in [6.07, 6.45) is -4.05. The number of ether oxygens (including phenoxy) is 1. The molecule has 2 amide bonds. The highest BCUT2D eigenvalue weighted by atomic mass is 32.1. The van der Waals surface area contributed by atoms with Gasteiger partial charge in [-0.1, -0.05) is 42.5 Å². The molecule has 3 aromatic carbocycles. The van der Waals surface area contributed by atoms with Crippen LogP contribution in [0.5, 0.6) is 5.75 Å². The molecule has 0 radical (unpaired) electrons. The molecule has 0 spiro atoms. The van der Waals surface area contributed by atoms with Gasteiger partial charge in [0, 0.05) is 6.54 Å². The maximum Gasteiger partial charge on any atom is 0.416 e. The molecule has 1 unspecified atom stereocenters. The fourth-order valence-corrected chi connectivity index (χ4v) is 5.33. The first-order valence-corrected chi connectivity index (χ1v) is 12.8. The van der Waals surface area contributed by atoms with E-state index in [0.717, 1.165) is 17.7 Å². The fraction of sp³-hybridized carbons (Fsp3) is 0.138. The van der Waals surface area contributed by atoms with E-state index in [1.54, 1.807) is 47.8 Å². The van der Waals surface area contributed by atoms with Gasteiger partial charge in [0.1, 0.15) is 11.8 Å². The Hall–Kier alpha value is -4.44. The summed E-state index contributed by atoms with van der Waals surface area (Å²) < 4.78 is 44.5. The third-order valence-electron chi connectivity index (χ3n) is 6.49. The molecule has 0 fully saturated rings. The molecular formula is C29H21F3N2O4S. The Morgan fingerprint density at radius 2 is 1.69 bits per heavy atom. The number of hydrogen-bond acceptors (Lipinski definition) is 5. The highest BCUT2D eigenvalue weighted by molar-refractivity contribution is 7.12. The van der Waals surface area contributed by atoms with Gasteiger partial charge in [0.15, 0.2) is 0 Å². The highest BCUT2D eigenvalue weighted by Crippen LogP contribution is 2.35. The second-order valence-electron chi connectivity index (χ2n) is 8.90. The van der Waals surface area contributed by atoms with Crippen LogP contribution in [0.25, 0.3) is 11.1 Å². The number of fused-ring (bicyclic) bond motifs is 1. The number of alkyl halides is 3. The van der Waals surface area contributed by atoms with Crippen molar-refractivity contribution in [2.45, 2.75) is 18.6 Å². The maximum atomic E-state index is 13.1. The molecular weight excluding hydrogens is 529 g/mol. The second kappa shape index (κ2) is 10.4. The third-order valence-corrected chi connectivity index (χ3v) is 7.34. The molecule has 0 saturated carbocycles. The van der Waals surface area contributed by atoms with E-state index in [1.165, 1.54) is 40.5 Å². The average Bonchev–Trinajstić information content (AvgIpc) is 3.46. The van der Waals surface area contributed by atoms with Crippen molar-refractivity contribution in [3.8, 4) is 16.9 Å². The van der Waals surface area contributed by atoms with E-state index < -0.39 is 29.7 Å². The van der Waals surface area contributed by atoms with Crippen LogP contribution in [0.1, 0.15) is 42.8 Å². The van der Waals surface area contributed by atoms with Gasteiger partial charge in [-0.2, -0.15) is 13.2 Å². The molecule has 39 heavy (non-hydrogen) atoms. The molecule has 1 aliphatic heterocycles. The molecule has 6 nitrogen and oxygen atoms in total. The van der Waals surface area contributed by atoms with Crippen LogP contribution in [-0.2, 0) is 17.4 Å². The summed E-state index contributed by atoms with van der Waals surface area (Å²) in [6.45, 7) is 0.255. The molecule has 10 heteroatoms. The van der Waals surface area contributed by atoms with Gasteiger partial charge in [0.25, 0.3) is 5.91 Å². The van der Waals surface area contributed by atoms with Crippen LogP contribution in [0.15, 0.2) is 84.2 Å². The minimum atomic E-state index is -4.47. The number of rotatable bonds is 5. The lowest BCUT2D eigenvalue weighted by Gasteiger charge is -2.35. The second-order valence-corrected chi connectivity index (χ2v) is 9.85. The van der Waals surface area contributed by atoms with Crippen molar-refractivity contribution in [3.05, 3.63) is 111 Å². The molecule has 0 bridgehead atoms. The Morgan fingerprint density at radius 1 is 0.949 bits per heavy atom. The van der Waals surface area contributed by atoms with Gasteiger partial charge >= 0.3 is 12.1 Å². The number of nitrogens with two attached hydrogens (primary N) is 1. The van der Waals surface area contributed by atoms with Crippen molar-refractivity contribution in [2.75, 3.05) is 6.54 Å². The van der Waals surface area contributed by atoms with Crippen LogP contribution >= 0.6 is 11.3 Å². The molecule has 4 aromatic rings. The van der Waals surface area contributed by atoms with E-state index in [9.17, 15) is 27.6 Å². The Labute approximate surface area is 225 Å². The van der Waals surface area contributed by atoms with Crippen LogP contribution in [0, 0.1) is 0 Å². The minimum absolute atomic E-state index is 0.178. The van der Waals surface area contributed by atoms with E-state index in [1.807, 2.05) is 0 Å². The predicted octanol–water partition coefficient (Wildman–Crippen LogP) is 5.88. The minimum Gasteiger partial charge on any atom is -0.423 e. The molecule has 2 N–H and O–H groups in total. The Morgan fingerprint density at radius 3 is 2.36 bits per heavy atom. The highest BCUT2D eigenvalue weighted by Gasteiger charge is 2.36. The van der Waals surface area contributed by atoms with Crippen LogP contribution in [-0.4, -0.2) is 29.2 Å². The van der Waals surface area contributed by atoms with Crippen molar-refractivity contribution in [1.29, 1.82) is 0 Å². The van der Waals surface area contributed by atoms with E-state index in [0.29, 0.717) is 28.0 Å². The number of thiophene rings is 1. The van der Waals surface area contributed by atoms with Crippen LogP contribution in [0.4, 0.5) is 13.2 Å². The number of halogens is 3. The Balaban J connectivity index is 1.39. The van der Waals surface area contributed by atoms with Gasteiger partial charge in [0.05, 0.1) is 16.0 Å². The summed E-state index contributed by atoms with van der Waals surface area (Å²) in [6, 6.07) is 18.3. The zero-order valence-corrected chi connectivity index (χ0v) is 21.1. The summed E-state index contributed by atoms with van der Waals surface area (Å²) in [5, 5.41) is 1.78. The van der Waals surface area contributed by atoms with Gasteiger partial charge in [0.2, 0.25) is 5.91 Å². The first-order valence-electron chi connectivity index (χ1n) is 11.9. The lowest BCUT2D eigenvalue weighted by Crippen LogP contribution is -2.45. The molecule has 5 rings (SSSR count). The predicted molar refractivity (Wildman–Crippen MR) is 139 cm³/mol. The lowest BCUT2D eigenvalue weighted by molar-refractivity contribution is -0.137. The molecule has 1 atom stereocenters. The first-order chi connectivity index (χ1) is 18.6. The Kier molecular flexibility index (Phi) is 6.96. The first kappa shape index (κ1) is 26.2. The Bertz CT molecular complexity index is 1550.